The molecular formula is C9H6ClF3N2. The number of hydrogen-bond donors (Lipinski definition) is 1. The third-order valence-corrected chi connectivity index (χ3v) is 1.88. The highest BCUT2D eigenvalue weighted by atomic mass is 35.5. The summed E-state index contributed by atoms with van der Waals surface area (Å²) in [4.78, 5) is 0. The lowest BCUT2D eigenvalue weighted by molar-refractivity contribution is -0.136. The van der Waals surface area contributed by atoms with Crippen LogP contribution in [0.3, 0.4) is 0 Å². The van der Waals surface area contributed by atoms with Gasteiger partial charge in [0.1, 0.15) is 6.54 Å². The van der Waals surface area contributed by atoms with Gasteiger partial charge >= 0.3 is 6.18 Å². The van der Waals surface area contributed by atoms with Gasteiger partial charge in [0.2, 0.25) is 0 Å². The molecule has 0 aliphatic heterocycles. The molecule has 80 valence electrons. The van der Waals surface area contributed by atoms with Crippen LogP contribution in [0.15, 0.2) is 18.2 Å². The van der Waals surface area contributed by atoms with Gasteiger partial charge in [0.15, 0.2) is 0 Å². The van der Waals surface area contributed by atoms with Crippen molar-refractivity contribution in [2.75, 3.05) is 11.9 Å². The smallest absolute Gasteiger partial charge is 0.372 e. The summed E-state index contributed by atoms with van der Waals surface area (Å²) in [5.41, 5.74) is -1.02. The van der Waals surface area contributed by atoms with Crippen molar-refractivity contribution in [2.45, 2.75) is 6.18 Å². The first kappa shape index (κ1) is 11.7. The average Bonchev–Trinajstić information content (AvgIpc) is 2.14. The number of nitrogens with zero attached hydrogens (tertiary/aromatic N) is 1. The highest BCUT2D eigenvalue weighted by molar-refractivity contribution is 6.30. The summed E-state index contributed by atoms with van der Waals surface area (Å²) in [6.45, 7) is -0.190. The van der Waals surface area contributed by atoms with E-state index in [1.807, 2.05) is 0 Å². The van der Waals surface area contributed by atoms with Gasteiger partial charge in [-0.3, -0.25) is 0 Å². The monoisotopic (exact) mass is 234 g/mol. The van der Waals surface area contributed by atoms with Crippen LogP contribution in [0, 0.1) is 11.3 Å². The number of halogens is 4. The quantitative estimate of drug-likeness (QED) is 0.797. The van der Waals surface area contributed by atoms with Crippen molar-refractivity contribution in [3.05, 3.63) is 28.8 Å². The van der Waals surface area contributed by atoms with E-state index in [1.54, 1.807) is 6.07 Å². The molecule has 1 aromatic carbocycles. The van der Waals surface area contributed by atoms with Crippen LogP contribution in [0.2, 0.25) is 5.02 Å². The molecule has 0 heterocycles. The Morgan fingerprint density at radius 1 is 1.40 bits per heavy atom. The fourth-order valence-electron chi connectivity index (χ4n) is 1.04. The molecule has 0 radical (unpaired) electrons. The van der Waals surface area contributed by atoms with Crippen molar-refractivity contribution in [1.82, 2.24) is 0 Å². The van der Waals surface area contributed by atoms with Crippen molar-refractivity contribution < 1.29 is 13.2 Å². The highest BCUT2D eigenvalue weighted by Crippen LogP contribution is 2.36. The largest absolute Gasteiger partial charge is 0.418 e. The van der Waals surface area contributed by atoms with E-state index in [2.05, 4.69) is 5.32 Å². The van der Waals surface area contributed by atoms with Gasteiger partial charge in [-0.05, 0) is 18.2 Å². The predicted octanol–water partition coefficient (Wildman–Crippen LogP) is 3.29. The molecule has 1 N–H and O–H groups in total. The molecule has 0 saturated carbocycles. The minimum atomic E-state index is -4.48. The first-order chi connectivity index (χ1) is 6.95. The zero-order chi connectivity index (χ0) is 11.5. The Morgan fingerprint density at radius 3 is 2.60 bits per heavy atom. The number of hydrogen-bond acceptors (Lipinski definition) is 2. The van der Waals surface area contributed by atoms with Crippen LogP contribution in [-0.4, -0.2) is 6.54 Å². The molecule has 0 aliphatic rings. The molecule has 0 unspecified atom stereocenters. The lowest BCUT2D eigenvalue weighted by Crippen LogP contribution is -2.10. The van der Waals surface area contributed by atoms with Crippen LogP contribution >= 0.6 is 11.6 Å². The summed E-state index contributed by atoms with van der Waals surface area (Å²) in [5, 5.41) is 10.6. The Balaban J connectivity index is 3.10. The number of nitrogens with one attached hydrogen (secondary N) is 1. The maximum Gasteiger partial charge on any atom is 0.418 e. The molecule has 15 heavy (non-hydrogen) atoms. The third-order valence-electron chi connectivity index (χ3n) is 1.64. The molecule has 0 spiro atoms. The van der Waals surface area contributed by atoms with Gasteiger partial charge < -0.3 is 5.32 Å². The van der Waals surface area contributed by atoms with Gasteiger partial charge in [-0.15, -0.1) is 0 Å². The van der Waals surface area contributed by atoms with Crippen molar-refractivity contribution in [3.8, 4) is 6.07 Å². The Labute approximate surface area is 89.3 Å². The summed E-state index contributed by atoms with van der Waals surface area (Å²) in [6, 6.07) is 5.05. The van der Waals surface area contributed by atoms with Crippen LogP contribution in [0.4, 0.5) is 18.9 Å². The van der Waals surface area contributed by atoms with Crippen LogP contribution in [-0.2, 0) is 6.18 Å². The zero-order valence-electron chi connectivity index (χ0n) is 7.40. The highest BCUT2D eigenvalue weighted by Gasteiger charge is 2.33. The number of alkyl halides is 3. The molecule has 0 aliphatic carbocycles. The minimum absolute atomic E-state index is 0.00447. The average molecular weight is 235 g/mol. The number of nitriles is 1. The van der Waals surface area contributed by atoms with Crippen molar-refractivity contribution in [1.29, 1.82) is 5.26 Å². The Morgan fingerprint density at radius 2 is 2.07 bits per heavy atom. The van der Waals surface area contributed by atoms with Crippen LogP contribution in [0.5, 0.6) is 0 Å². The van der Waals surface area contributed by atoms with E-state index in [0.717, 1.165) is 6.07 Å². The topological polar surface area (TPSA) is 35.8 Å². The fraction of sp³-hybridized carbons (Fsp3) is 0.222. The zero-order valence-corrected chi connectivity index (χ0v) is 8.15. The van der Waals surface area contributed by atoms with Crippen LogP contribution in [0.25, 0.3) is 0 Å². The Kier molecular flexibility index (Phi) is 3.43. The molecule has 0 atom stereocenters. The van der Waals surface area contributed by atoms with Gasteiger partial charge in [0, 0.05) is 10.7 Å². The van der Waals surface area contributed by atoms with Gasteiger partial charge in [-0.1, -0.05) is 11.6 Å². The summed E-state index contributed by atoms with van der Waals surface area (Å²) in [5.74, 6) is 0. The molecule has 2 nitrogen and oxygen atoms in total. The van der Waals surface area contributed by atoms with Crippen molar-refractivity contribution in [3.63, 3.8) is 0 Å². The van der Waals surface area contributed by atoms with E-state index in [-0.39, 0.29) is 17.3 Å². The van der Waals surface area contributed by atoms with Gasteiger partial charge in [-0.25, -0.2) is 0 Å². The first-order valence-corrected chi connectivity index (χ1v) is 4.30. The molecule has 1 rings (SSSR count). The van der Waals surface area contributed by atoms with Crippen molar-refractivity contribution >= 4 is 17.3 Å². The summed E-state index contributed by atoms with van der Waals surface area (Å²) >= 11 is 5.46. The third kappa shape index (κ3) is 3.03. The second-order valence-electron chi connectivity index (χ2n) is 2.70. The summed E-state index contributed by atoms with van der Waals surface area (Å²) in [7, 11) is 0. The van der Waals surface area contributed by atoms with E-state index in [9.17, 15) is 13.2 Å². The maximum absolute atomic E-state index is 12.5. The van der Waals surface area contributed by atoms with E-state index in [1.165, 1.54) is 12.1 Å². The molecule has 0 fully saturated rings. The van der Waals surface area contributed by atoms with Crippen LogP contribution < -0.4 is 5.32 Å². The normalized spacial score (nSPS) is 10.9. The fourth-order valence-corrected chi connectivity index (χ4v) is 1.21. The SMILES string of the molecule is N#CCNc1ccc(Cl)cc1C(F)(F)F. The van der Waals surface area contributed by atoms with E-state index < -0.39 is 11.7 Å². The lowest BCUT2D eigenvalue weighted by atomic mass is 10.1. The molecule has 0 saturated heterocycles. The second kappa shape index (κ2) is 4.41. The Bertz CT molecular complexity index is 395. The number of benzene rings is 1. The van der Waals surface area contributed by atoms with E-state index >= 15 is 0 Å². The van der Waals surface area contributed by atoms with E-state index in [4.69, 9.17) is 16.9 Å². The number of rotatable bonds is 2. The molecule has 0 aromatic heterocycles. The standard InChI is InChI=1S/C9H6ClF3N2/c10-6-1-2-8(15-4-3-14)7(5-6)9(11,12)13/h1-2,5,15H,4H2. The first-order valence-electron chi connectivity index (χ1n) is 3.92. The molecule has 6 heteroatoms. The second-order valence-corrected chi connectivity index (χ2v) is 3.14. The molecule has 0 amide bonds. The molecule has 0 bridgehead atoms. The van der Waals surface area contributed by atoms with Crippen LogP contribution in [0.1, 0.15) is 5.56 Å². The molecule has 1 aromatic rings. The van der Waals surface area contributed by atoms with Crippen molar-refractivity contribution in [2.24, 2.45) is 0 Å². The minimum Gasteiger partial charge on any atom is -0.372 e. The predicted molar refractivity (Wildman–Crippen MR) is 50.6 cm³/mol. The Hall–Kier alpha value is -1.41. The molecular weight excluding hydrogens is 229 g/mol. The van der Waals surface area contributed by atoms with E-state index in [0.29, 0.717) is 0 Å². The summed E-state index contributed by atoms with van der Waals surface area (Å²) in [6.07, 6.45) is -4.48. The van der Waals surface area contributed by atoms with Gasteiger partial charge in [0.25, 0.3) is 0 Å². The lowest BCUT2D eigenvalue weighted by Gasteiger charge is -2.13. The van der Waals surface area contributed by atoms with Gasteiger partial charge in [-0.2, -0.15) is 18.4 Å². The summed E-state index contributed by atoms with van der Waals surface area (Å²) < 4.78 is 37.4. The number of anilines is 1. The van der Waals surface area contributed by atoms with Gasteiger partial charge in [0.05, 0.1) is 11.6 Å². The maximum atomic E-state index is 12.5.